The molecule has 0 radical (unpaired) electrons. The number of hydrogen-bond acceptors (Lipinski definition) is 5. The molecule has 3 rings (SSSR count). The lowest BCUT2D eigenvalue weighted by molar-refractivity contribution is -0.132. The van der Waals surface area contributed by atoms with E-state index in [1.807, 2.05) is 35.4 Å². The summed E-state index contributed by atoms with van der Waals surface area (Å²) in [7, 11) is 3.28. The summed E-state index contributed by atoms with van der Waals surface area (Å²) in [5.74, 6) is 1.67. The van der Waals surface area contributed by atoms with Crippen molar-refractivity contribution >= 4 is 5.91 Å². The van der Waals surface area contributed by atoms with Gasteiger partial charge in [0.25, 0.3) is 0 Å². The molecule has 1 aliphatic rings. The van der Waals surface area contributed by atoms with E-state index in [1.54, 1.807) is 20.4 Å². The summed E-state index contributed by atoms with van der Waals surface area (Å²) in [6, 6.07) is 7.99. The van der Waals surface area contributed by atoms with Gasteiger partial charge in [0.15, 0.2) is 11.5 Å². The van der Waals surface area contributed by atoms with Gasteiger partial charge in [-0.15, -0.1) is 0 Å². The van der Waals surface area contributed by atoms with Crippen LogP contribution in [0.25, 0.3) is 0 Å². The quantitative estimate of drug-likeness (QED) is 0.725. The Morgan fingerprint density at radius 3 is 2.70 bits per heavy atom. The van der Waals surface area contributed by atoms with E-state index in [2.05, 4.69) is 10.3 Å². The third-order valence-electron chi connectivity index (χ3n) is 4.87. The Labute approximate surface area is 160 Å². The summed E-state index contributed by atoms with van der Waals surface area (Å²) in [6.45, 7) is 2.99. The predicted molar refractivity (Wildman–Crippen MR) is 104 cm³/mol. The van der Waals surface area contributed by atoms with Gasteiger partial charge >= 0.3 is 0 Å². The molecule has 0 spiro atoms. The number of methoxy groups -OCH3 is 2. The lowest BCUT2D eigenvalue weighted by Gasteiger charge is -2.29. The van der Waals surface area contributed by atoms with Crippen LogP contribution < -0.4 is 14.8 Å². The molecule has 1 aliphatic heterocycles. The van der Waals surface area contributed by atoms with Crippen LogP contribution in [0.15, 0.2) is 36.7 Å². The van der Waals surface area contributed by atoms with E-state index in [-0.39, 0.29) is 5.91 Å². The average Bonchev–Trinajstić information content (AvgIpc) is 2.72. The maximum absolute atomic E-state index is 12.6. The maximum atomic E-state index is 12.6. The SMILES string of the molecule is COc1cc2c(cc1OC)CN(C(=O)CCCNCc1cccnc1)CC2. The molecule has 27 heavy (non-hydrogen) atoms. The number of rotatable bonds is 8. The first-order valence-electron chi connectivity index (χ1n) is 9.32. The van der Waals surface area contributed by atoms with Crippen LogP contribution in [0.2, 0.25) is 0 Å². The molecule has 1 aromatic carbocycles. The lowest BCUT2D eigenvalue weighted by atomic mass is 9.98. The number of benzene rings is 1. The molecule has 1 amide bonds. The number of carbonyl (C=O) groups is 1. The highest BCUT2D eigenvalue weighted by molar-refractivity contribution is 5.76. The number of hydrogen-bond donors (Lipinski definition) is 1. The van der Waals surface area contributed by atoms with Gasteiger partial charge in [-0.3, -0.25) is 9.78 Å². The van der Waals surface area contributed by atoms with Gasteiger partial charge in [0.05, 0.1) is 14.2 Å². The predicted octanol–water partition coefficient (Wildman–Crippen LogP) is 2.55. The van der Waals surface area contributed by atoms with E-state index in [1.165, 1.54) is 5.56 Å². The van der Waals surface area contributed by atoms with E-state index in [4.69, 9.17) is 9.47 Å². The van der Waals surface area contributed by atoms with E-state index < -0.39 is 0 Å². The zero-order valence-corrected chi connectivity index (χ0v) is 16.0. The summed E-state index contributed by atoms with van der Waals surface area (Å²) in [5.41, 5.74) is 3.53. The Balaban J connectivity index is 1.46. The molecule has 2 heterocycles. The molecule has 0 saturated carbocycles. The van der Waals surface area contributed by atoms with Gasteiger partial charge in [0.1, 0.15) is 0 Å². The third kappa shape index (κ3) is 4.98. The minimum atomic E-state index is 0.207. The number of fused-ring (bicyclic) bond motifs is 1. The fourth-order valence-electron chi connectivity index (χ4n) is 3.35. The highest BCUT2D eigenvalue weighted by Crippen LogP contribution is 2.33. The lowest BCUT2D eigenvalue weighted by Crippen LogP contribution is -2.36. The Kier molecular flexibility index (Phi) is 6.65. The van der Waals surface area contributed by atoms with Crippen LogP contribution in [-0.4, -0.2) is 43.1 Å². The second-order valence-electron chi connectivity index (χ2n) is 6.68. The van der Waals surface area contributed by atoms with Crippen LogP contribution in [0.3, 0.4) is 0 Å². The molecule has 144 valence electrons. The smallest absolute Gasteiger partial charge is 0.222 e. The van der Waals surface area contributed by atoms with Gasteiger partial charge in [-0.2, -0.15) is 0 Å². The summed E-state index contributed by atoms with van der Waals surface area (Å²) >= 11 is 0. The number of aromatic nitrogens is 1. The van der Waals surface area contributed by atoms with Crippen LogP contribution in [0, 0.1) is 0 Å². The number of pyridine rings is 1. The van der Waals surface area contributed by atoms with Crippen LogP contribution in [0.5, 0.6) is 11.5 Å². The zero-order valence-electron chi connectivity index (χ0n) is 16.0. The van der Waals surface area contributed by atoms with Crippen molar-refractivity contribution in [1.29, 1.82) is 0 Å². The van der Waals surface area contributed by atoms with Crippen molar-refractivity contribution in [2.24, 2.45) is 0 Å². The summed E-state index contributed by atoms with van der Waals surface area (Å²) in [4.78, 5) is 18.6. The minimum Gasteiger partial charge on any atom is -0.493 e. The molecule has 0 atom stereocenters. The molecule has 0 saturated heterocycles. The zero-order chi connectivity index (χ0) is 19.1. The molecule has 0 fully saturated rings. The van der Waals surface area contributed by atoms with Crippen molar-refractivity contribution in [2.45, 2.75) is 32.4 Å². The number of amides is 1. The number of nitrogens with zero attached hydrogens (tertiary/aromatic N) is 2. The van der Waals surface area contributed by atoms with Crippen LogP contribution >= 0.6 is 0 Å². The molecule has 0 aliphatic carbocycles. The fourth-order valence-corrected chi connectivity index (χ4v) is 3.35. The fraction of sp³-hybridized carbons (Fsp3) is 0.429. The van der Waals surface area contributed by atoms with Crippen molar-refractivity contribution in [3.8, 4) is 11.5 Å². The van der Waals surface area contributed by atoms with Crippen LogP contribution in [0.4, 0.5) is 0 Å². The molecule has 0 bridgehead atoms. The number of ether oxygens (including phenoxy) is 2. The molecule has 0 unspecified atom stereocenters. The van der Waals surface area contributed by atoms with E-state index >= 15 is 0 Å². The first kappa shape index (κ1) is 19.2. The molecule has 1 aromatic heterocycles. The monoisotopic (exact) mass is 369 g/mol. The van der Waals surface area contributed by atoms with Crippen molar-refractivity contribution in [3.63, 3.8) is 0 Å². The van der Waals surface area contributed by atoms with Crippen molar-refractivity contribution in [2.75, 3.05) is 27.3 Å². The average molecular weight is 369 g/mol. The van der Waals surface area contributed by atoms with E-state index in [0.717, 1.165) is 49.4 Å². The molecule has 2 aromatic rings. The Bertz CT molecular complexity index is 765. The summed E-state index contributed by atoms with van der Waals surface area (Å²) in [6.07, 6.45) is 5.86. The van der Waals surface area contributed by atoms with Crippen LogP contribution in [-0.2, 0) is 24.3 Å². The molecular weight excluding hydrogens is 342 g/mol. The van der Waals surface area contributed by atoms with Gasteiger partial charge in [-0.25, -0.2) is 0 Å². The van der Waals surface area contributed by atoms with Crippen molar-refractivity contribution in [3.05, 3.63) is 53.3 Å². The topological polar surface area (TPSA) is 63.7 Å². The largest absolute Gasteiger partial charge is 0.493 e. The Hall–Kier alpha value is -2.60. The molecule has 6 nitrogen and oxygen atoms in total. The van der Waals surface area contributed by atoms with Gasteiger partial charge < -0.3 is 19.7 Å². The Morgan fingerprint density at radius 2 is 2.00 bits per heavy atom. The standard InChI is InChI=1S/C21H27N3O3/c1-26-19-11-17-7-10-24(15-18(17)12-20(19)27-2)21(25)6-4-9-23-14-16-5-3-8-22-13-16/h3,5,8,11-13,23H,4,6-7,9-10,14-15H2,1-2H3. The van der Waals surface area contributed by atoms with Gasteiger partial charge in [-0.1, -0.05) is 6.07 Å². The number of nitrogens with one attached hydrogen (secondary N) is 1. The van der Waals surface area contributed by atoms with Gasteiger partial charge in [0, 0.05) is 38.4 Å². The maximum Gasteiger partial charge on any atom is 0.222 e. The third-order valence-corrected chi connectivity index (χ3v) is 4.87. The molecule has 1 N–H and O–H groups in total. The first-order chi connectivity index (χ1) is 13.2. The van der Waals surface area contributed by atoms with E-state index in [0.29, 0.717) is 18.7 Å². The normalized spacial score (nSPS) is 13.2. The van der Waals surface area contributed by atoms with Gasteiger partial charge in [-0.05, 0) is 54.3 Å². The van der Waals surface area contributed by atoms with E-state index in [9.17, 15) is 4.79 Å². The van der Waals surface area contributed by atoms with Crippen molar-refractivity contribution in [1.82, 2.24) is 15.2 Å². The summed E-state index contributed by atoms with van der Waals surface area (Å²) in [5, 5.41) is 3.36. The summed E-state index contributed by atoms with van der Waals surface area (Å²) < 4.78 is 10.8. The number of carbonyl (C=O) groups excluding carboxylic acids is 1. The first-order valence-corrected chi connectivity index (χ1v) is 9.32. The van der Waals surface area contributed by atoms with Gasteiger partial charge in [0.2, 0.25) is 5.91 Å². The molecule has 6 heteroatoms. The van der Waals surface area contributed by atoms with Crippen LogP contribution in [0.1, 0.15) is 29.5 Å². The highest BCUT2D eigenvalue weighted by atomic mass is 16.5. The second-order valence-corrected chi connectivity index (χ2v) is 6.68. The highest BCUT2D eigenvalue weighted by Gasteiger charge is 2.22. The Morgan fingerprint density at radius 1 is 1.22 bits per heavy atom. The minimum absolute atomic E-state index is 0.207. The molecular formula is C21H27N3O3. The van der Waals surface area contributed by atoms with Crippen molar-refractivity contribution < 1.29 is 14.3 Å². The second kappa shape index (κ2) is 9.37.